The van der Waals surface area contributed by atoms with E-state index in [9.17, 15) is 0 Å². The summed E-state index contributed by atoms with van der Waals surface area (Å²) < 4.78 is 11.2. The van der Waals surface area contributed by atoms with Gasteiger partial charge in [-0.3, -0.25) is 9.88 Å². The van der Waals surface area contributed by atoms with Crippen molar-refractivity contribution >= 4 is 0 Å². The molecule has 0 aliphatic carbocycles. The molecule has 1 aromatic heterocycles. The Morgan fingerprint density at radius 3 is 2.16 bits per heavy atom. The summed E-state index contributed by atoms with van der Waals surface area (Å²) in [6, 6.07) is 24.0. The highest BCUT2D eigenvalue weighted by atomic mass is 16.5. The quantitative estimate of drug-likeness (QED) is 0.445. The zero-order valence-electron chi connectivity index (χ0n) is 18.9. The smallest absolute Gasteiger partial charge is 0.142 e. The highest BCUT2D eigenvalue weighted by Gasteiger charge is 2.26. The second-order valence-corrected chi connectivity index (χ2v) is 8.20. The predicted molar refractivity (Wildman–Crippen MR) is 128 cm³/mol. The van der Waals surface area contributed by atoms with Gasteiger partial charge >= 0.3 is 0 Å². The molecule has 1 aliphatic rings. The Morgan fingerprint density at radius 1 is 0.875 bits per heavy atom. The molecule has 0 amide bonds. The third-order valence-electron chi connectivity index (χ3n) is 6.11. The lowest BCUT2D eigenvalue weighted by Gasteiger charge is -2.39. The number of piperazine rings is 1. The van der Waals surface area contributed by atoms with Gasteiger partial charge in [0.15, 0.2) is 0 Å². The molecule has 0 bridgehead atoms. The third kappa shape index (κ3) is 5.94. The van der Waals surface area contributed by atoms with Crippen LogP contribution in [-0.4, -0.2) is 61.2 Å². The van der Waals surface area contributed by atoms with Gasteiger partial charge in [-0.05, 0) is 23.6 Å². The molecule has 32 heavy (non-hydrogen) atoms. The standard InChI is InChI=1S/C27H33N3O2/c1-31-26-21-28-14-13-25(26)22-32-20-8-15-29-16-18-30(19-17-29)27(23-9-4-2-5-10-23)24-11-6-3-7-12-24/h2-7,9-14,21,27H,8,15-20,22H2,1H3. The molecule has 1 saturated heterocycles. The average molecular weight is 432 g/mol. The van der Waals surface area contributed by atoms with Crippen LogP contribution >= 0.6 is 0 Å². The molecule has 4 rings (SSSR count). The molecular formula is C27H33N3O2. The van der Waals surface area contributed by atoms with Crippen molar-refractivity contribution < 1.29 is 9.47 Å². The van der Waals surface area contributed by atoms with Crippen LogP contribution in [0.25, 0.3) is 0 Å². The zero-order chi connectivity index (χ0) is 22.0. The maximum absolute atomic E-state index is 5.88. The molecule has 0 radical (unpaired) electrons. The minimum absolute atomic E-state index is 0.318. The van der Waals surface area contributed by atoms with Crippen LogP contribution in [0.15, 0.2) is 79.1 Å². The number of rotatable bonds is 10. The lowest BCUT2D eigenvalue weighted by molar-refractivity contribution is 0.0826. The van der Waals surface area contributed by atoms with Gasteiger partial charge in [-0.25, -0.2) is 0 Å². The van der Waals surface area contributed by atoms with Crippen molar-refractivity contribution in [1.29, 1.82) is 0 Å². The number of benzene rings is 2. The zero-order valence-corrected chi connectivity index (χ0v) is 18.9. The Hall–Kier alpha value is -2.73. The SMILES string of the molecule is COc1cnccc1COCCCN1CCN(C(c2ccccc2)c2ccccc2)CC1. The van der Waals surface area contributed by atoms with Gasteiger partial charge in [0.1, 0.15) is 5.75 Å². The Kier molecular flexibility index (Phi) is 8.26. The number of hydrogen-bond acceptors (Lipinski definition) is 5. The Balaban J connectivity index is 1.24. The van der Waals surface area contributed by atoms with Crippen LogP contribution in [-0.2, 0) is 11.3 Å². The molecule has 0 spiro atoms. The van der Waals surface area contributed by atoms with Crippen LogP contribution < -0.4 is 4.74 Å². The lowest BCUT2D eigenvalue weighted by Crippen LogP contribution is -2.48. The first-order chi connectivity index (χ1) is 15.8. The van der Waals surface area contributed by atoms with Crippen molar-refractivity contribution in [3.8, 4) is 5.75 Å². The minimum atomic E-state index is 0.318. The Bertz CT molecular complexity index is 888. The summed E-state index contributed by atoms with van der Waals surface area (Å²) >= 11 is 0. The summed E-state index contributed by atoms with van der Waals surface area (Å²) in [4.78, 5) is 9.26. The minimum Gasteiger partial charge on any atom is -0.495 e. The molecule has 0 saturated carbocycles. The molecule has 2 aromatic carbocycles. The van der Waals surface area contributed by atoms with E-state index in [0.717, 1.165) is 57.1 Å². The highest BCUT2D eigenvalue weighted by molar-refractivity contribution is 5.32. The van der Waals surface area contributed by atoms with E-state index in [1.54, 1.807) is 19.5 Å². The molecule has 0 unspecified atom stereocenters. The highest BCUT2D eigenvalue weighted by Crippen LogP contribution is 2.29. The van der Waals surface area contributed by atoms with E-state index in [4.69, 9.17) is 9.47 Å². The van der Waals surface area contributed by atoms with Crippen LogP contribution in [0.5, 0.6) is 5.75 Å². The van der Waals surface area contributed by atoms with Gasteiger partial charge in [0.05, 0.1) is 26.0 Å². The summed E-state index contributed by atoms with van der Waals surface area (Å²) in [6.07, 6.45) is 4.55. The van der Waals surface area contributed by atoms with E-state index in [-0.39, 0.29) is 0 Å². The number of ether oxygens (including phenoxy) is 2. The van der Waals surface area contributed by atoms with Gasteiger partial charge in [0.25, 0.3) is 0 Å². The summed E-state index contributed by atoms with van der Waals surface area (Å²) in [7, 11) is 1.67. The van der Waals surface area contributed by atoms with Crippen molar-refractivity contribution in [2.75, 3.05) is 46.4 Å². The summed E-state index contributed by atoms with van der Waals surface area (Å²) in [5.74, 6) is 0.787. The van der Waals surface area contributed by atoms with Crippen LogP contribution in [0, 0.1) is 0 Å². The van der Waals surface area contributed by atoms with Crippen LogP contribution in [0.3, 0.4) is 0 Å². The molecule has 0 atom stereocenters. The predicted octanol–water partition coefficient (Wildman–Crippen LogP) is 4.40. The molecule has 5 nitrogen and oxygen atoms in total. The Morgan fingerprint density at radius 2 is 1.53 bits per heavy atom. The van der Waals surface area contributed by atoms with Gasteiger partial charge in [0.2, 0.25) is 0 Å². The van der Waals surface area contributed by atoms with E-state index in [1.807, 2.05) is 6.07 Å². The van der Waals surface area contributed by atoms with Crippen molar-refractivity contribution in [3.63, 3.8) is 0 Å². The van der Waals surface area contributed by atoms with Crippen LogP contribution in [0.1, 0.15) is 29.2 Å². The average Bonchev–Trinajstić information content (AvgIpc) is 2.86. The Labute approximate surface area is 191 Å². The molecule has 168 valence electrons. The number of methoxy groups -OCH3 is 1. The number of hydrogen-bond donors (Lipinski definition) is 0. The molecule has 3 aromatic rings. The molecule has 1 fully saturated rings. The van der Waals surface area contributed by atoms with Crippen LogP contribution in [0.4, 0.5) is 0 Å². The summed E-state index contributed by atoms with van der Waals surface area (Å²) in [5, 5.41) is 0. The summed E-state index contributed by atoms with van der Waals surface area (Å²) in [6.45, 7) is 6.72. The second kappa shape index (κ2) is 11.8. The fourth-order valence-electron chi connectivity index (χ4n) is 4.41. The van der Waals surface area contributed by atoms with Gasteiger partial charge in [-0.2, -0.15) is 0 Å². The van der Waals surface area contributed by atoms with E-state index in [2.05, 4.69) is 75.4 Å². The van der Waals surface area contributed by atoms with Gasteiger partial charge in [-0.15, -0.1) is 0 Å². The third-order valence-corrected chi connectivity index (χ3v) is 6.11. The molecule has 1 aliphatic heterocycles. The monoisotopic (exact) mass is 431 g/mol. The lowest BCUT2D eigenvalue weighted by atomic mass is 9.96. The van der Waals surface area contributed by atoms with Crippen LogP contribution in [0.2, 0.25) is 0 Å². The first-order valence-corrected chi connectivity index (χ1v) is 11.5. The first kappa shape index (κ1) is 22.5. The van der Waals surface area contributed by atoms with Gasteiger partial charge in [-0.1, -0.05) is 60.7 Å². The maximum atomic E-state index is 5.88. The van der Waals surface area contributed by atoms with Crippen molar-refractivity contribution in [2.45, 2.75) is 19.1 Å². The van der Waals surface area contributed by atoms with Gasteiger partial charge in [0, 0.05) is 51.1 Å². The van der Waals surface area contributed by atoms with Crippen molar-refractivity contribution in [2.24, 2.45) is 0 Å². The largest absolute Gasteiger partial charge is 0.495 e. The molecular weight excluding hydrogens is 398 g/mol. The normalized spacial score (nSPS) is 15.2. The summed E-state index contributed by atoms with van der Waals surface area (Å²) in [5.41, 5.74) is 3.78. The van der Waals surface area contributed by atoms with Crippen molar-refractivity contribution in [3.05, 3.63) is 95.8 Å². The van der Waals surface area contributed by atoms with E-state index in [1.165, 1.54) is 11.1 Å². The van der Waals surface area contributed by atoms with Crippen molar-refractivity contribution in [1.82, 2.24) is 14.8 Å². The fourth-order valence-corrected chi connectivity index (χ4v) is 4.41. The molecule has 5 heteroatoms. The van der Waals surface area contributed by atoms with E-state index < -0.39 is 0 Å². The topological polar surface area (TPSA) is 37.8 Å². The molecule has 0 N–H and O–H groups in total. The van der Waals surface area contributed by atoms with E-state index >= 15 is 0 Å². The number of aromatic nitrogens is 1. The van der Waals surface area contributed by atoms with E-state index in [0.29, 0.717) is 12.6 Å². The van der Waals surface area contributed by atoms with Gasteiger partial charge < -0.3 is 14.4 Å². The maximum Gasteiger partial charge on any atom is 0.142 e. The number of pyridine rings is 1. The fraction of sp³-hybridized carbons (Fsp3) is 0.370. The number of nitrogens with zero attached hydrogens (tertiary/aromatic N) is 3. The second-order valence-electron chi connectivity index (χ2n) is 8.20. The first-order valence-electron chi connectivity index (χ1n) is 11.5. The molecule has 2 heterocycles.